The number of carbonyl (C=O) groups is 1. The van der Waals surface area contributed by atoms with Gasteiger partial charge in [-0.1, -0.05) is 46.9 Å². The summed E-state index contributed by atoms with van der Waals surface area (Å²) >= 11 is 18.0. The highest BCUT2D eigenvalue weighted by Gasteiger charge is 2.18. The van der Waals surface area contributed by atoms with E-state index in [4.69, 9.17) is 34.8 Å². The molecule has 0 aliphatic heterocycles. The van der Waals surface area contributed by atoms with Gasteiger partial charge in [0.05, 0.1) is 16.3 Å². The van der Waals surface area contributed by atoms with E-state index in [1.807, 2.05) is 12.1 Å². The van der Waals surface area contributed by atoms with Gasteiger partial charge in [-0.25, -0.2) is 4.98 Å². The van der Waals surface area contributed by atoms with Gasteiger partial charge in [0.2, 0.25) is 0 Å². The number of pyridine rings is 1. The lowest BCUT2D eigenvalue weighted by Gasteiger charge is -2.12. The van der Waals surface area contributed by atoms with Crippen LogP contribution in [-0.2, 0) is 6.54 Å². The summed E-state index contributed by atoms with van der Waals surface area (Å²) < 4.78 is 0. The number of hydrogen-bond donors (Lipinski definition) is 1. The van der Waals surface area contributed by atoms with Gasteiger partial charge in [-0.3, -0.25) is 4.79 Å². The third kappa shape index (κ3) is 3.67. The van der Waals surface area contributed by atoms with Gasteiger partial charge in [0, 0.05) is 11.6 Å². The lowest BCUT2D eigenvalue weighted by molar-refractivity contribution is 0.0950. The Morgan fingerprint density at radius 1 is 1.14 bits per heavy atom. The molecule has 1 N–H and O–H groups in total. The monoisotopic (exact) mass is 342 g/mol. The van der Waals surface area contributed by atoms with Crippen LogP contribution in [0.15, 0.2) is 24.3 Å². The van der Waals surface area contributed by atoms with Crippen molar-refractivity contribution in [2.24, 2.45) is 0 Å². The average molecular weight is 344 g/mol. The minimum Gasteiger partial charge on any atom is -0.348 e. The lowest BCUT2D eigenvalue weighted by atomic mass is 10.1. The molecule has 0 aliphatic rings. The number of aromatic nitrogens is 1. The number of carbonyl (C=O) groups excluding carboxylic acids is 1. The van der Waals surface area contributed by atoms with Crippen LogP contribution in [0.1, 0.15) is 27.2 Å². The van der Waals surface area contributed by atoms with Crippen molar-refractivity contribution in [1.82, 2.24) is 10.3 Å². The predicted octanol–water partition coefficient (Wildman–Crippen LogP) is 4.59. The van der Waals surface area contributed by atoms with E-state index in [1.54, 1.807) is 26.0 Å². The van der Waals surface area contributed by atoms with Gasteiger partial charge in [-0.05, 0) is 37.1 Å². The van der Waals surface area contributed by atoms with E-state index in [0.717, 1.165) is 5.56 Å². The summed E-state index contributed by atoms with van der Waals surface area (Å²) in [6, 6.07) is 7.23. The standard InChI is InChI=1S/C15H13Cl3N2O/c1-8-12(14(18)20-9(2)13(8)17)15(21)19-7-10-3-5-11(16)6-4-10/h3-6H,7H2,1-2H3,(H,19,21). The predicted molar refractivity (Wildman–Crippen MR) is 86.4 cm³/mol. The molecule has 3 nitrogen and oxygen atoms in total. The summed E-state index contributed by atoms with van der Waals surface area (Å²) in [6.45, 7) is 3.87. The van der Waals surface area contributed by atoms with Gasteiger partial charge in [0.15, 0.2) is 0 Å². The highest BCUT2D eigenvalue weighted by atomic mass is 35.5. The Balaban J connectivity index is 2.18. The summed E-state index contributed by atoms with van der Waals surface area (Å²) in [5, 5.41) is 4.06. The Kier molecular flexibility index (Phi) is 5.09. The number of benzene rings is 1. The van der Waals surface area contributed by atoms with Gasteiger partial charge in [-0.2, -0.15) is 0 Å². The quantitative estimate of drug-likeness (QED) is 0.828. The normalized spacial score (nSPS) is 10.5. The first-order chi connectivity index (χ1) is 9.90. The maximum Gasteiger partial charge on any atom is 0.255 e. The molecule has 0 radical (unpaired) electrons. The average Bonchev–Trinajstić information content (AvgIpc) is 2.44. The minimum absolute atomic E-state index is 0.156. The molecule has 2 rings (SSSR count). The van der Waals surface area contributed by atoms with Crippen LogP contribution >= 0.6 is 34.8 Å². The number of amides is 1. The van der Waals surface area contributed by atoms with Crippen LogP contribution in [0.3, 0.4) is 0 Å². The molecule has 0 saturated carbocycles. The lowest BCUT2D eigenvalue weighted by Crippen LogP contribution is -2.24. The fourth-order valence-electron chi connectivity index (χ4n) is 1.93. The number of hydrogen-bond acceptors (Lipinski definition) is 2. The zero-order valence-corrected chi connectivity index (χ0v) is 13.8. The largest absolute Gasteiger partial charge is 0.348 e. The van der Waals surface area contributed by atoms with Gasteiger partial charge in [0.25, 0.3) is 5.91 Å². The Labute approximate surface area is 138 Å². The highest BCUT2D eigenvalue weighted by molar-refractivity contribution is 6.35. The number of aryl methyl sites for hydroxylation is 1. The van der Waals surface area contributed by atoms with Crippen LogP contribution < -0.4 is 5.32 Å². The molecule has 1 aromatic carbocycles. The molecule has 0 aliphatic carbocycles. The molecule has 0 fully saturated rings. The Bertz CT molecular complexity index is 684. The molecule has 110 valence electrons. The minimum atomic E-state index is -0.304. The number of rotatable bonds is 3. The molecular formula is C15H13Cl3N2O. The van der Waals surface area contributed by atoms with E-state index in [-0.39, 0.29) is 11.1 Å². The number of nitrogens with one attached hydrogen (secondary N) is 1. The van der Waals surface area contributed by atoms with E-state index in [2.05, 4.69) is 10.3 Å². The Morgan fingerprint density at radius 2 is 1.76 bits per heavy atom. The zero-order chi connectivity index (χ0) is 15.6. The van der Waals surface area contributed by atoms with Gasteiger partial charge in [-0.15, -0.1) is 0 Å². The van der Waals surface area contributed by atoms with Gasteiger partial charge in [0.1, 0.15) is 5.15 Å². The molecule has 1 aromatic heterocycles. The van der Waals surface area contributed by atoms with Crippen LogP contribution in [0.25, 0.3) is 0 Å². The van der Waals surface area contributed by atoms with Crippen molar-refractivity contribution < 1.29 is 4.79 Å². The molecule has 0 saturated heterocycles. The van der Waals surface area contributed by atoms with Crippen molar-refractivity contribution >= 4 is 40.7 Å². The van der Waals surface area contributed by atoms with E-state index in [9.17, 15) is 4.79 Å². The highest BCUT2D eigenvalue weighted by Crippen LogP contribution is 2.27. The van der Waals surface area contributed by atoms with Crippen molar-refractivity contribution in [2.75, 3.05) is 0 Å². The molecule has 6 heteroatoms. The number of halogens is 3. The topological polar surface area (TPSA) is 42.0 Å². The van der Waals surface area contributed by atoms with E-state index in [1.165, 1.54) is 0 Å². The summed E-state index contributed by atoms with van der Waals surface area (Å²) in [5.74, 6) is -0.304. The summed E-state index contributed by atoms with van der Waals surface area (Å²) in [6.07, 6.45) is 0. The summed E-state index contributed by atoms with van der Waals surface area (Å²) in [7, 11) is 0. The second-order valence-electron chi connectivity index (χ2n) is 4.61. The van der Waals surface area contributed by atoms with Crippen molar-refractivity contribution in [2.45, 2.75) is 20.4 Å². The van der Waals surface area contributed by atoms with Crippen LogP contribution in [0.4, 0.5) is 0 Å². The fraction of sp³-hybridized carbons (Fsp3) is 0.200. The van der Waals surface area contributed by atoms with Crippen molar-refractivity contribution in [3.63, 3.8) is 0 Å². The molecule has 0 spiro atoms. The molecule has 1 amide bonds. The second kappa shape index (κ2) is 6.65. The molecule has 21 heavy (non-hydrogen) atoms. The first kappa shape index (κ1) is 16.1. The Morgan fingerprint density at radius 3 is 2.38 bits per heavy atom. The second-order valence-corrected chi connectivity index (χ2v) is 5.78. The molecule has 2 aromatic rings. The first-order valence-corrected chi connectivity index (χ1v) is 7.38. The van der Waals surface area contributed by atoms with Crippen LogP contribution in [0.5, 0.6) is 0 Å². The maximum atomic E-state index is 12.3. The van der Waals surface area contributed by atoms with Crippen LogP contribution in [0.2, 0.25) is 15.2 Å². The molecule has 1 heterocycles. The SMILES string of the molecule is Cc1nc(Cl)c(C(=O)NCc2ccc(Cl)cc2)c(C)c1Cl. The number of nitrogens with zero attached hydrogens (tertiary/aromatic N) is 1. The Hall–Kier alpha value is -1.29. The third-order valence-corrected chi connectivity index (χ3v) is 4.17. The third-order valence-electron chi connectivity index (χ3n) is 3.09. The first-order valence-electron chi connectivity index (χ1n) is 6.25. The smallest absolute Gasteiger partial charge is 0.255 e. The van der Waals surface area contributed by atoms with Crippen molar-refractivity contribution in [1.29, 1.82) is 0 Å². The van der Waals surface area contributed by atoms with Crippen molar-refractivity contribution in [3.05, 3.63) is 61.8 Å². The van der Waals surface area contributed by atoms with Crippen LogP contribution in [-0.4, -0.2) is 10.9 Å². The zero-order valence-electron chi connectivity index (χ0n) is 11.5. The van der Waals surface area contributed by atoms with Crippen LogP contribution in [0, 0.1) is 13.8 Å². The van der Waals surface area contributed by atoms with E-state index < -0.39 is 0 Å². The fourth-order valence-corrected chi connectivity index (χ4v) is 2.54. The molecular weight excluding hydrogens is 331 g/mol. The molecule has 0 unspecified atom stereocenters. The van der Waals surface area contributed by atoms with Crippen molar-refractivity contribution in [3.8, 4) is 0 Å². The molecule has 0 bridgehead atoms. The van der Waals surface area contributed by atoms with E-state index >= 15 is 0 Å². The van der Waals surface area contributed by atoms with Gasteiger partial charge < -0.3 is 5.32 Å². The molecule has 0 atom stereocenters. The summed E-state index contributed by atoms with van der Waals surface area (Å²) in [5.41, 5.74) is 2.48. The summed E-state index contributed by atoms with van der Waals surface area (Å²) in [4.78, 5) is 16.3. The van der Waals surface area contributed by atoms with Gasteiger partial charge >= 0.3 is 0 Å². The van der Waals surface area contributed by atoms with E-state index in [0.29, 0.717) is 33.4 Å². The maximum absolute atomic E-state index is 12.3.